The molecule has 3 aromatic rings. The lowest BCUT2D eigenvalue weighted by Crippen LogP contribution is -2.09. The molecule has 0 spiro atoms. The quantitative estimate of drug-likeness (QED) is 0.181. The van der Waals surface area contributed by atoms with Crippen LogP contribution in [0.15, 0.2) is 193 Å². The number of rotatable bonds is 5. The molecule has 280 valence electrons. The summed E-state index contributed by atoms with van der Waals surface area (Å²) in [5, 5.41) is 2.94. The van der Waals surface area contributed by atoms with Crippen molar-refractivity contribution in [2.75, 3.05) is 0 Å². The Morgan fingerprint density at radius 2 is 1.19 bits per heavy atom. The first-order chi connectivity index (χ1) is 27.2. The van der Waals surface area contributed by atoms with E-state index in [4.69, 9.17) is 7.85 Å². The van der Waals surface area contributed by atoms with Crippen molar-refractivity contribution in [1.29, 1.82) is 0 Å². The Labute approximate surface area is 342 Å². The smallest absolute Gasteiger partial charge is 0.0854 e. The summed E-state index contributed by atoms with van der Waals surface area (Å²) in [6.45, 7) is 34.6. The minimum absolute atomic E-state index is 0.262. The summed E-state index contributed by atoms with van der Waals surface area (Å²) in [5.41, 5.74) is 12.3. The Morgan fingerprint density at radius 1 is 0.614 bits per heavy atom. The van der Waals surface area contributed by atoms with Crippen molar-refractivity contribution in [3.05, 3.63) is 231 Å². The zero-order valence-electron chi connectivity index (χ0n) is 34.1. The first-order valence-electron chi connectivity index (χ1n) is 19.3. The lowest BCUT2D eigenvalue weighted by molar-refractivity contribution is 0.938. The van der Waals surface area contributed by atoms with Crippen LogP contribution in [-0.4, -0.2) is 7.85 Å². The van der Waals surface area contributed by atoms with Crippen LogP contribution in [0.1, 0.15) is 44.4 Å². The third-order valence-electron chi connectivity index (χ3n) is 9.99. The number of fused-ring (bicyclic) bond motifs is 1. The van der Waals surface area contributed by atoms with E-state index < -0.39 is 5.31 Å². The van der Waals surface area contributed by atoms with Gasteiger partial charge in [0.1, 0.15) is 0 Å². The number of hydrogen-bond donors (Lipinski definition) is 0. The molecule has 0 fully saturated rings. The fourth-order valence-electron chi connectivity index (χ4n) is 6.71. The van der Waals surface area contributed by atoms with Crippen molar-refractivity contribution < 1.29 is 0 Å². The molecule has 1 heteroatoms. The minimum Gasteiger partial charge on any atom is -0.0918 e. The molecule has 0 aliphatic heterocycles. The van der Waals surface area contributed by atoms with Crippen LogP contribution in [0.4, 0.5) is 0 Å². The molecule has 0 aromatic heterocycles. The third-order valence-corrected chi connectivity index (χ3v) is 9.99. The van der Waals surface area contributed by atoms with Gasteiger partial charge in [-0.3, -0.25) is 0 Å². The zero-order chi connectivity index (χ0) is 41.1. The fourth-order valence-corrected chi connectivity index (χ4v) is 6.71. The van der Waals surface area contributed by atoms with Gasteiger partial charge in [-0.2, -0.15) is 0 Å². The summed E-state index contributed by atoms with van der Waals surface area (Å²) >= 11 is 0. The van der Waals surface area contributed by atoms with Gasteiger partial charge < -0.3 is 0 Å². The molecule has 0 amide bonds. The van der Waals surface area contributed by atoms with Crippen LogP contribution in [0, 0.1) is 5.92 Å². The molecular formula is C56H53B. The molecule has 0 saturated heterocycles. The summed E-state index contributed by atoms with van der Waals surface area (Å²) < 4.78 is 0. The van der Waals surface area contributed by atoms with Gasteiger partial charge in [0.2, 0.25) is 0 Å². The van der Waals surface area contributed by atoms with Crippen LogP contribution in [0.3, 0.4) is 0 Å². The number of benzene rings is 1. The predicted molar refractivity (Wildman–Crippen MR) is 256 cm³/mol. The molecule has 0 saturated carbocycles. The van der Waals surface area contributed by atoms with Gasteiger partial charge >= 0.3 is 0 Å². The average Bonchev–Trinajstić information content (AvgIpc) is 3.34. The molecule has 2 unspecified atom stereocenters. The Bertz CT molecular complexity index is 2660. The second-order valence-electron chi connectivity index (χ2n) is 15.1. The van der Waals surface area contributed by atoms with E-state index >= 15 is 0 Å². The monoisotopic (exact) mass is 736 g/mol. The zero-order valence-corrected chi connectivity index (χ0v) is 34.1. The third kappa shape index (κ3) is 11.3. The summed E-state index contributed by atoms with van der Waals surface area (Å²) in [4.78, 5) is 0. The molecule has 2 atom stereocenters. The highest BCUT2D eigenvalue weighted by atomic mass is 14.2. The maximum atomic E-state index is 6.80. The van der Waals surface area contributed by atoms with E-state index in [-0.39, 0.29) is 5.92 Å². The van der Waals surface area contributed by atoms with Crippen LogP contribution >= 0.6 is 0 Å². The molecule has 2 aliphatic rings. The second-order valence-corrected chi connectivity index (χ2v) is 15.1. The van der Waals surface area contributed by atoms with Gasteiger partial charge in [-0.15, -0.1) is 0 Å². The molecule has 57 heavy (non-hydrogen) atoms. The van der Waals surface area contributed by atoms with E-state index in [0.29, 0.717) is 0 Å². The summed E-state index contributed by atoms with van der Waals surface area (Å²) in [6, 6.07) is 31.0. The minimum atomic E-state index is -0.665. The number of allylic oxidation sites excluding steroid dienone is 16. The van der Waals surface area contributed by atoms with Gasteiger partial charge in [-0.1, -0.05) is 217 Å². The van der Waals surface area contributed by atoms with Gasteiger partial charge in [0.05, 0.1) is 7.85 Å². The van der Waals surface area contributed by atoms with Crippen LogP contribution in [-0.2, 0) is 0 Å². The van der Waals surface area contributed by atoms with Crippen LogP contribution < -0.4 is 20.9 Å². The Balaban J connectivity index is 1.74. The lowest BCUT2D eigenvalue weighted by atomic mass is 9.70. The highest BCUT2D eigenvalue weighted by Crippen LogP contribution is 2.36. The van der Waals surface area contributed by atoms with Crippen LogP contribution in [0.25, 0.3) is 66.3 Å². The Hall–Kier alpha value is -6.44. The molecule has 0 nitrogen and oxygen atoms in total. The normalized spacial score (nSPS) is 20.7. The maximum absolute atomic E-state index is 6.80. The van der Waals surface area contributed by atoms with Crippen molar-refractivity contribution in [2.24, 2.45) is 5.92 Å². The van der Waals surface area contributed by atoms with E-state index in [1.165, 1.54) is 0 Å². The molecule has 0 bridgehead atoms. The molecule has 0 N–H and O–H groups in total. The summed E-state index contributed by atoms with van der Waals surface area (Å²) in [7, 11) is 6.80. The largest absolute Gasteiger partial charge is 0.0918 e. The predicted octanol–water partition coefficient (Wildman–Crippen LogP) is 12.0. The second kappa shape index (κ2) is 18.9. The lowest BCUT2D eigenvalue weighted by Gasteiger charge is -2.14. The summed E-state index contributed by atoms with van der Waals surface area (Å²) in [6.07, 6.45) is 27.4. The molecule has 2 radical (unpaired) electrons. The van der Waals surface area contributed by atoms with E-state index in [2.05, 4.69) is 176 Å². The SMILES string of the molecule is [B]C1(C)C=Cc2c(c(-c3ccc(-c4ccc(=C)ccccc(=C)c4)cc3)c(=C)ccccc(=C)c2/C(C)=C/C=C(C)/C2=C/C=C\C(=C)/C=C\C(C)/C=C\C2=C)C=C1. The number of hydrogen-bond acceptors (Lipinski definition) is 0. The van der Waals surface area contributed by atoms with Crippen molar-refractivity contribution in [3.63, 3.8) is 0 Å². The molecule has 0 heterocycles. The van der Waals surface area contributed by atoms with Crippen molar-refractivity contribution >= 4 is 51.9 Å². The van der Waals surface area contributed by atoms with Crippen molar-refractivity contribution in [2.45, 2.75) is 33.0 Å². The van der Waals surface area contributed by atoms with E-state index in [9.17, 15) is 0 Å². The highest BCUT2D eigenvalue weighted by molar-refractivity contribution is 6.19. The standard InChI is InChI=1S/C56H53B/c1-39-16-11-12-17-42(4)38-50(29-25-39)48-30-32-49(33-31-48)55-46(8)20-14-13-19-45(7)54(52-34-36-56(10,57)37-35-53(52)55)47(9)28-27-44(6)51-21-15-18-40(2)22-23-41(3)24-26-43(51)5/h11-38,41H,1-2,4-5,7-8H2,3,6,9-10H3/b16-11?,17-12?,18-15-,19-13?,20-14?,23-22-,26-24-,29-25?,44-27+,47-28+,50-38?,51-21+,54-52?,55-53?. The van der Waals surface area contributed by atoms with E-state index in [0.717, 1.165) is 87.7 Å². The van der Waals surface area contributed by atoms with Crippen molar-refractivity contribution in [1.82, 2.24) is 0 Å². The first-order valence-corrected chi connectivity index (χ1v) is 19.3. The fraction of sp³-hybridized carbons (Fsp3) is 0.107. The highest BCUT2D eigenvalue weighted by Gasteiger charge is 2.18. The first kappa shape index (κ1) is 41.7. The average molecular weight is 737 g/mol. The molecule has 5 rings (SSSR count). The van der Waals surface area contributed by atoms with Gasteiger partial charge in [-0.05, 0) is 119 Å². The van der Waals surface area contributed by atoms with Gasteiger partial charge in [0.15, 0.2) is 0 Å². The van der Waals surface area contributed by atoms with Gasteiger partial charge in [-0.25, -0.2) is 0 Å². The molecule has 3 aromatic carbocycles. The van der Waals surface area contributed by atoms with E-state index in [1.54, 1.807) is 0 Å². The topological polar surface area (TPSA) is 0 Å². The molecular weight excluding hydrogens is 683 g/mol. The van der Waals surface area contributed by atoms with Gasteiger partial charge in [0.25, 0.3) is 0 Å². The summed E-state index contributed by atoms with van der Waals surface area (Å²) in [5.74, 6) is 0.262. The Kier molecular flexibility index (Phi) is 13.9. The van der Waals surface area contributed by atoms with Gasteiger partial charge in [0, 0.05) is 0 Å². The van der Waals surface area contributed by atoms with Crippen molar-refractivity contribution in [3.8, 4) is 22.3 Å². The van der Waals surface area contributed by atoms with E-state index in [1.807, 2.05) is 61.5 Å². The Morgan fingerprint density at radius 3 is 1.91 bits per heavy atom. The van der Waals surface area contributed by atoms with Crippen LogP contribution in [0.5, 0.6) is 0 Å². The molecule has 2 aliphatic carbocycles. The van der Waals surface area contributed by atoms with Crippen LogP contribution in [0.2, 0.25) is 5.31 Å². The maximum Gasteiger partial charge on any atom is 0.0854 e.